The van der Waals surface area contributed by atoms with Gasteiger partial charge in [-0.1, -0.05) is 6.07 Å². The summed E-state index contributed by atoms with van der Waals surface area (Å²) in [7, 11) is 2.09. The summed E-state index contributed by atoms with van der Waals surface area (Å²) in [5, 5.41) is 12.0. The number of rotatable bonds is 6. The first-order valence-electron chi connectivity index (χ1n) is 9.88. The summed E-state index contributed by atoms with van der Waals surface area (Å²) in [4.78, 5) is 21.3. The number of nitrogens with zero attached hydrogens (tertiary/aromatic N) is 3. The summed E-state index contributed by atoms with van der Waals surface area (Å²) >= 11 is 0. The van der Waals surface area contributed by atoms with Crippen molar-refractivity contribution >= 4 is 11.7 Å². The number of oxazole rings is 1. The first-order valence-corrected chi connectivity index (χ1v) is 9.88. The number of anilines is 1. The third-order valence-corrected chi connectivity index (χ3v) is 5.39. The first-order chi connectivity index (χ1) is 13.5. The maximum absolute atomic E-state index is 12.7. The Labute approximate surface area is 166 Å². The van der Waals surface area contributed by atoms with E-state index in [-0.39, 0.29) is 12.6 Å². The molecule has 152 valence electrons. The highest BCUT2D eigenvalue weighted by Crippen LogP contribution is 2.26. The van der Waals surface area contributed by atoms with Crippen molar-refractivity contribution in [2.24, 2.45) is 0 Å². The van der Waals surface area contributed by atoms with Gasteiger partial charge in [-0.15, -0.1) is 0 Å². The predicted octanol–water partition coefficient (Wildman–Crippen LogP) is 3.27. The van der Waals surface area contributed by atoms with Gasteiger partial charge in [-0.3, -0.25) is 0 Å². The van der Waals surface area contributed by atoms with E-state index in [4.69, 9.17) is 9.52 Å². The van der Waals surface area contributed by atoms with Gasteiger partial charge in [0.1, 0.15) is 6.26 Å². The Morgan fingerprint density at radius 1 is 1.36 bits per heavy atom. The van der Waals surface area contributed by atoms with Crippen molar-refractivity contribution < 1.29 is 14.3 Å². The zero-order valence-electron chi connectivity index (χ0n) is 16.9. The van der Waals surface area contributed by atoms with E-state index in [1.807, 2.05) is 36.9 Å². The van der Waals surface area contributed by atoms with E-state index < -0.39 is 0 Å². The molecular weight excluding hydrogens is 356 g/mol. The standard InChI is InChI=1S/C21H30N4O3/c1-15-5-6-17(20-22-16(2)14-28-20)13-19(15)23-21(27)25-10-7-18(8-11-25)24(3)9-4-12-26/h5-6,13-14,18,26H,4,7-12H2,1-3H3,(H,23,27). The number of aliphatic hydroxyl groups is 1. The minimum absolute atomic E-state index is 0.0692. The number of aryl methyl sites for hydroxylation is 2. The summed E-state index contributed by atoms with van der Waals surface area (Å²) in [5.74, 6) is 0.555. The van der Waals surface area contributed by atoms with Gasteiger partial charge in [0.25, 0.3) is 0 Å². The average molecular weight is 386 g/mol. The van der Waals surface area contributed by atoms with Gasteiger partial charge < -0.3 is 24.6 Å². The molecule has 28 heavy (non-hydrogen) atoms. The Bertz CT molecular complexity index is 797. The molecule has 0 atom stereocenters. The number of urea groups is 1. The lowest BCUT2D eigenvalue weighted by atomic mass is 10.0. The molecule has 1 aromatic carbocycles. The molecule has 1 aliphatic rings. The van der Waals surface area contributed by atoms with Gasteiger partial charge in [0.15, 0.2) is 0 Å². The molecule has 0 bridgehead atoms. The van der Waals surface area contributed by atoms with Gasteiger partial charge in [0.05, 0.1) is 5.69 Å². The Balaban J connectivity index is 1.59. The SMILES string of the molecule is Cc1coc(-c2ccc(C)c(NC(=O)N3CCC(N(C)CCCO)CC3)c2)n1. The van der Waals surface area contributed by atoms with Crippen LogP contribution < -0.4 is 5.32 Å². The molecule has 2 N–H and O–H groups in total. The van der Waals surface area contributed by atoms with Gasteiger partial charge in [-0.25, -0.2) is 9.78 Å². The van der Waals surface area contributed by atoms with E-state index in [0.717, 1.165) is 61.4 Å². The molecule has 7 nitrogen and oxygen atoms in total. The van der Waals surface area contributed by atoms with Gasteiger partial charge in [0, 0.05) is 43.5 Å². The summed E-state index contributed by atoms with van der Waals surface area (Å²) in [6.45, 7) is 6.43. The normalized spacial score (nSPS) is 15.2. The maximum Gasteiger partial charge on any atom is 0.321 e. The van der Waals surface area contributed by atoms with Crippen molar-refractivity contribution in [2.75, 3.05) is 38.6 Å². The van der Waals surface area contributed by atoms with Gasteiger partial charge in [-0.05, 0) is 57.9 Å². The molecule has 0 spiro atoms. The number of hydrogen-bond donors (Lipinski definition) is 2. The fourth-order valence-electron chi connectivity index (χ4n) is 3.58. The van der Waals surface area contributed by atoms with Crippen LogP contribution >= 0.6 is 0 Å². The van der Waals surface area contributed by atoms with Gasteiger partial charge >= 0.3 is 6.03 Å². The zero-order valence-corrected chi connectivity index (χ0v) is 16.9. The fraction of sp³-hybridized carbons (Fsp3) is 0.524. The van der Waals surface area contributed by atoms with E-state index in [0.29, 0.717) is 11.9 Å². The second-order valence-corrected chi connectivity index (χ2v) is 7.53. The van der Waals surface area contributed by atoms with Crippen molar-refractivity contribution in [2.45, 2.75) is 39.2 Å². The minimum atomic E-state index is -0.0692. The van der Waals surface area contributed by atoms with Gasteiger partial charge in [-0.2, -0.15) is 0 Å². The van der Waals surface area contributed by atoms with E-state index in [9.17, 15) is 4.79 Å². The van der Waals surface area contributed by atoms with Crippen molar-refractivity contribution in [1.29, 1.82) is 0 Å². The maximum atomic E-state index is 12.7. The third kappa shape index (κ3) is 4.91. The number of hydrogen-bond acceptors (Lipinski definition) is 5. The number of aliphatic hydroxyl groups excluding tert-OH is 1. The van der Waals surface area contributed by atoms with Crippen molar-refractivity contribution in [3.05, 3.63) is 35.7 Å². The van der Waals surface area contributed by atoms with Crippen LogP contribution in [0.15, 0.2) is 28.9 Å². The monoisotopic (exact) mass is 386 g/mol. The number of carbonyl (C=O) groups is 1. The molecule has 0 radical (unpaired) electrons. The Morgan fingerprint density at radius 2 is 2.11 bits per heavy atom. The lowest BCUT2D eigenvalue weighted by Gasteiger charge is -2.36. The van der Waals surface area contributed by atoms with E-state index in [1.165, 1.54) is 0 Å². The summed E-state index contributed by atoms with van der Waals surface area (Å²) < 4.78 is 5.47. The molecular formula is C21H30N4O3. The second-order valence-electron chi connectivity index (χ2n) is 7.53. The molecule has 0 saturated carbocycles. The molecule has 3 rings (SSSR count). The van der Waals surface area contributed by atoms with Crippen LogP contribution in [0.4, 0.5) is 10.5 Å². The predicted molar refractivity (Wildman–Crippen MR) is 109 cm³/mol. The fourth-order valence-corrected chi connectivity index (χ4v) is 3.58. The minimum Gasteiger partial charge on any atom is -0.444 e. The third-order valence-electron chi connectivity index (χ3n) is 5.39. The number of benzene rings is 1. The van der Waals surface area contributed by atoms with E-state index >= 15 is 0 Å². The van der Waals surface area contributed by atoms with Crippen LogP contribution in [-0.2, 0) is 0 Å². The number of carbonyl (C=O) groups excluding carboxylic acids is 1. The Hall–Kier alpha value is -2.38. The summed E-state index contributed by atoms with van der Waals surface area (Å²) in [6, 6.07) is 6.22. The van der Waals surface area contributed by atoms with Crippen LogP contribution in [0.3, 0.4) is 0 Å². The van der Waals surface area contributed by atoms with Crippen molar-refractivity contribution in [3.8, 4) is 11.5 Å². The molecule has 1 aliphatic heterocycles. The molecule has 1 fully saturated rings. The van der Waals surface area contributed by atoms with Crippen LogP contribution in [0.25, 0.3) is 11.5 Å². The molecule has 1 aromatic heterocycles. The molecule has 2 aromatic rings. The molecule has 0 aliphatic carbocycles. The summed E-state index contributed by atoms with van der Waals surface area (Å²) in [5.41, 5.74) is 3.45. The zero-order chi connectivity index (χ0) is 20.1. The molecule has 2 heterocycles. The topological polar surface area (TPSA) is 81.8 Å². The van der Waals surface area contributed by atoms with Gasteiger partial charge in [0.2, 0.25) is 5.89 Å². The highest BCUT2D eigenvalue weighted by molar-refractivity contribution is 5.91. The quantitative estimate of drug-likeness (QED) is 0.796. The molecule has 2 amide bonds. The van der Waals surface area contributed by atoms with E-state index in [2.05, 4.69) is 22.2 Å². The molecule has 7 heteroatoms. The lowest BCUT2D eigenvalue weighted by molar-refractivity contribution is 0.134. The summed E-state index contributed by atoms with van der Waals surface area (Å²) in [6.07, 6.45) is 4.31. The highest BCUT2D eigenvalue weighted by Gasteiger charge is 2.25. The second kappa shape index (κ2) is 9.21. The Morgan fingerprint density at radius 3 is 2.75 bits per heavy atom. The average Bonchev–Trinajstić information content (AvgIpc) is 3.14. The number of piperidine rings is 1. The van der Waals surface area contributed by atoms with Crippen LogP contribution in [0, 0.1) is 13.8 Å². The van der Waals surface area contributed by atoms with Crippen molar-refractivity contribution in [3.63, 3.8) is 0 Å². The molecule has 1 saturated heterocycles. The lowest BCUT2D eigenvalue weighted by Crippen LogP contribution is -2.47. The smallest absolute Gasteiger partial charge is 0.321 e. The highest BCUT2D eigenvalue weighted by atomic mass is 16.3. The van der Waals surface area contributed by atoms with Crippen molar-refractivity contribution in [1.82, 2.24) is 14.8 Å². The van der Waals surface area contributed by atoms with Crippen LogP contribution in [0.2, 0.25) is 0 Å². The van der Waals surface area contributed by atoms with Crippen LogP contribution in [0.5, 0.6) is 0 Å². The number of nitrogens with one attached hydrogen (secondary N) is 1. The molecule has 0 unspecified atom stereocenters. The number of amides is 2. The van der Waals surface area contributed by atoms with E-state index in [1.54, 1.807) is 6.26 Å². The largest absolute Gasteiger partial charge is 0.444 e. The van der Waals surface area contributed by atoms with Crippen LogP contribution in [-0.4, -0.2) is 65.3 Å². The number of aromatic nitrogens is 1. The number of likely N-dealkylation sites (tertiary alicyclic amines) is 1. The first kappa shape index (κ1) is 20.4. The Kier molecular flexibility index (Phi) is 6.70. The van der Waals surface area contributed by atoms with Crippen LogP contribution in [0.1, 0.15) is 30.5 Å².